The van der Waals surface area contributed by atoms with Crippen LogP contribution in [0.3, 0.4) is 0 Å². The Balaban J connectivity index is 2.10. The second-order valence-corrected chi connectivity index (χ2v) is 4.51. The molecule has 1 aromatic heterocycles. The largest absolute Gasteiger partial charge is 0.337 e. The van der Waals surface area contributed by atoms with E-state index in [-0.39, 0.29) is 11.3 Å². The van der Waals surface area contributed by atoms with Gasteiger partial charge in [-0.25, -0.2) is 0 Å². The van der Waals surface area contributed by atoms with Crippen molar-refractivity contribution in [2.24, 2.45) is 5.92 Å². The molecule has 80 valence electrons. The molecule has 1 fully saturated rings. The molecule has 0 N–H and O–H groups in total. The second kappa shape index (κ2) is 4.19. The first-order valence-corrected chi connectivity index (χ1v) is 5.45. The number of likely N-dealkylation sites (tertiary alicyclic amines) is 1. The SMILES string of the molecule is CC1CN(C(=O)c2cccnc2)CC1Cl. The molecule has 2 unspecified atom stereocenters. The van der Waals surface area contributed by atoms with Gasteiger partial charge in [0.15, 0.2) is 0 Å². The van der Waals surface area contributed by atoms with Gasteiger partial charge in [-0.05, 0) is 18.1 Å². The third-order valence-corrected chi connectivity index (χ3v) is 3.28. The summed E-state index contributed by atoms with van der Waals surface area (Å²) in [4.78, 5) is 17.7. The number of aromatic nitrogens is 1. The molecular formula is C11H13ClN2O. The van der Waals surface area contributed by atoms with Crippen LogP contribution in [-0.4, -0.2) is 34.3 Å². The first-order chi connectivity index (χ1) is 7.18. The Morgan fingerprint density at radius 3 is 2.93 bits per heavy atom. The summed E-state index contributed by atoms with van der Waals surface area (Å²) in [6.45, 7) is 3.44. The minimum absolute atomic E-state index is 0.0260. The average molecular weight is 225 g/mol. The number of nitrogens with zero attached hydrogens (tertiary/aromatic N) is 2. The number of halogens is 1. The van der Waals surface area contributed by atoms with E-state index in [4.69, 9.17) is 11.6 Å². The van der Waals surface area contributed by atoms with Crippen molar-refractivity contribution in [1.29, 1.82) is 0 Å². The molecule has 1 aromatic rings. The summed E-state index contributed by atoms with van der Waals surface area (Å²) in [6, 6.07) is 3.55. The lowest BCUT2D eigenvalue weighted by molar-refractivity contribution is 0.0788. The van der Waals surface area contributed by atoms with Crippen LogP contribution in [0.25, 0.3) is 0 Å². The topological polar surface area (TPSA) is 33.2 Å². The minimum atomic E-state index is 0.0260. The van der Waals surface area contributed by atoms with Gasteiger partial charge in [-0.3, -0.25) is 9.78 Å². The van der Waals surface area contributed by atoms with Gasteiger partial charge in [-0.1, -0.05) is 6.92 Å². The van der Waals surface area contributed by atoms with Crippen LogP contribution in [0, 0.1) is 5.92 Å². The summed E-state index contributed by atoms with van der Waals surface area (Å²) in [5, 5.41) is 0.0746. The molecule has 0 spiro atoms. The molecule has 2 atom stereocenters. The van der Waals surface area contributed by atoms with Crippen molar-refractivity contribution in [2.45, 2.75) is 12.3 Å². The normalized spacial score (nSPS) is 25.6. The Labute approximate surface area is 94.1 Å². The van der Waals surface area contributed by atoms with E-state index < -0.39 is 0 Å². The zero-order valence-corrected chi connectivity index (χ0v) is 9.31. The van der Waals surface area contributed by atoms with Crippen LogP contribution in [0.4, 0.5) is 0 Å². The van der Waals surface area contributed by atoms with Crippen LogP contribution in [-0.2, 0) is 0 Å². The number of hydrogen-bond acceptors (Lipinski definition) is 2. The third-order valence-electron chi connectivity index (χ3n) is 2.72. The average Bonchev–Trinajstić information content (AvgIpc) is 2.59. The van der Waals surface area contributed by atoms with Gasteiger partial charge in [0.25, 0.3) is 5.91 Å². The van der Waals surface area contributed by atoms with Crippen LogP contribution in [0.2, 0.25) is 0 Å². The number of hydrogen-bond donors (Lipinski definition) is 0. The van der Waals surface area contributed by atoms with Gasteiger partial charge in [-0.15, -0.1) is 11.6 Å². The molecule has 0 aromatic carbocycles. The molecule has 15 heavy (non-hydrogen) atoms. The van der Waals surface area contributed by atoms with Crippen LogP contribution < -0.4 is 0 Å². The van der Waals surface area contributed by atoms with Crippen molar-refractivity contribution >= 4 is 17.5 Å². The van der Waals surface area contributed by atoms with Crippen molar-refractivity contribution in [3.05, 3.63) is 30.1 Å². The maximum Gasteiger partial charge on any atom is 0.255 e. The van der Waals surface area contributed by atoms with Crippen molar-refractivity contribution in [3.63, 3.8) is 0 Å². The maximum atomic E-state index is 12.0. The molecule has 2 rings (SSSR count). The predicted octanol–water partition coefficient (Wildman–Crippen LogP) is 1.78. The molecule has 0 radical (unpaired) electrons. The summed E-state index contributed by atoms with van der Waals surface area (Å²) in [7, 11) is 0. The fourth-order valence-corrected chi connectivity index (χ4v) is 2.01. The Bertz CT molecular complexity index is 345. The van der Waals surface area contributed by atoms with Gasteiger partial charge in [0, 0.05) is 25.5 Å². The molecule has 0 saturated carbocycles. The molecule has 3 nitrogen and oxygen atoms in total. The second-order valence-electron chi connectivity index (χ2n) is 3.95. The summed E-state index contributed by atoms with van der Waals surface area (Å²) in [5.41, 5.74) is 0.635. The molecule has 1 aliphatic heterocycles. The lowest BCUT2D eigenvalue weighted by Crippen LogP contribution is -2.29. The van der Waals surface area contributed by atoms with Crippen molar-refractivity contribution in [1.82, 2.24) is 9.88 Å². The van der Waals surface area contributed by atoms with E-state index in [1.54, 1.807) is 29.4 Å². The zero-order chi connectivity index (χ0) is 10.8. The third kappa shape index (κ3) is 2.12. The number of rotatable bonds is 1. The van der Waals surface area contributed by atoms with Crippen molar-refractivity contribution in [3.8, 4) is 0 Å². The first-order valence-electron chi connectivity index (χ1n) is 5.02. The first kappa shape index (κ1) is 10.4. The summed E-state index contributed by atoms with van der Waals surface area (Å²) >= 11 is 6.08. The molecule has 1 aliphatic rings. The number of carbonyl (C=O) groups is 1. The highest BCUT2D eigenvalue weighted by molar-refractivity contribution is 6.21. The van der Waals surface area contributed by atoms with Gasteiger partial charge < -0.3 is 4.90 Å². The lowest BCUT2D eigenvalue weighted by atomic mass is 10.1. The van der Waals surface area contributed by atoms with Crippen LogP contribution >= 0.6 is 11.6 Å². The Kier molecular flexibility index (Phi) is 2.91. The quantitative estimate of drug-likeness (QED) is 0.682. The predicted molar refractivity (Wildman–Crippen MR) is 58.9 cm³/mol. The van der Waals surface area contributed by atoms with Gasteiger partial charge in [0.2, 0.25) is 0 Å². The fraction of sp³-hybridized carbons (Fsp3) is 0.455. The standard InChI is InChI=1S/C11H13ClN2O/c1-8-6-14(7-10(8)12)11(15)9-3-2-4-13-5-9/h2-5,8,10H,6-7H2,1H3. The van der Waals surface area contributed by atoms with Gasteiger partial charge in [0.1, 0.15) is 0 Å². The Morgan fingerprint density at radius 1 is 1.60 bits per heavy atom. The Morgan fingerprint density at radius 2 is 2.40 bits per heavy atom. The highest BCUT2D eigenvalue weighted by Gasteiger charge is 2.31. The van der Waals surface area contributed by atoms with Crippen LogP contribution in [0.1, 0.15) is 17.3 Å². The summed E-state index contributed by atoms with van der Waals surface area (Å²) < 4.78 is 0. The van der Waals surface area contributed by atoms with E-state index in [9.17, 15) is 4.79 Å². The van der Waals surface area contributed by atoms with E-state index in [0.29, 0.717) is 18.0 Å². The molecule has 0 bridgehead atoms. The Hall–Kier alpha value is -1.09. The maximum absolute atomic E-state index is 12.0. The lowest BCUT2D eigenvalue weighted by Gasteiger charge is -2.15. The molecular weight excluding hydrogens is 212 g/mol. The molecule has 2 heterocycles. The van der Waals surface area contributed by atoms with Crippen LogP contribution in [0.5, 0.6) is 0 Å². The number of amides is 1. The smallest absolute Gasteiger partial charge is 0.255 e. The molecule has 0 aliphatic carbocycles. The summed E-state index contributed by atoms with van der Waals surface area (Å²) in [5.74, 6) is 0.394. The van der Waals surface area contributed by atoms with E-state index in [1.807, 2.05) is 0 Å². The fourth-order valence-electron chi connectivity index (χ4n) is 1.76. The zero-order valence-electron chi connectivity index (χ0n) is 8.56. The molecule has 1 saturated heterocycles. The van der Waals surface area contributed by atoms with Gasteiger partial charge in [0.05, 0.1) is 10.9 Å². The summed E-state index contributed by atoms with van der Waals surface area (Å²) in [6.07, 6.45) is 3.25. The monoisotopic (exact) mass is 224 g/mol. The number of pyridine rings is 1. The van der Waals surface area contributed by atoms with Crippen molar-refractivity contribution in [2.75, 3.05) is 13.1 Å². The highest BCUT2D eigenvalue weighted by atomic mass is 35.5. The molecule has 1 amide bonds. The number of alkyl halides is 1. The highest BCUT2D eigenvalue weighted by Crippen LogP contribution is 2.22. The van der Waals surface area contributed by atoms with Gasteiger partial charge >= 0.3 is 0 Å². The minimum Gasteiger partial charge on any atom is -0.337 e. The van der Waals surface area contributed by atoms with Crippen LogP contribution in [0.15, 0.2) is 24.5 Å². The van der Waals surface area contributed by atoms with E-state index in [0.717, 1.165) is 6.54 Å². The van der Waals surface area contributed by atoms with E-state index in [2.05, 4.69) is 11.9 Å². The van der Waals surface area contributed by atoms with E-state index in [1.165, 1.54) is 0 Å². The van der Waals surface area contributed by atoms with E-state index >= 15 is 0 Å². The number of carbonyl (C=O) groups excluding carboxylic acids is 1. The van der Waals surface area contributed by atoms with Crippen molar-refractivity contribution < 1.29 is 4.79 Å². The van der Waals surface area contributed by atoms with Gasteiger partial charge in [-0.2, -0.15) is 0 Å². The molecule has 4 heteroatoms.